The van der Waals surface area contributed by atoms with Crippen LogP contribution in [0.2, 0.25) is 0 Å². The number of aromatic carboxylic acids is 1. The summed E-state index contributed by atoms with van der Waals surface area (Å²) in [6.07, 6.45) is 1.62. The molecule has 0 atom stereocenters. The van der Waals surface area contributed by atoms with Crippen LogP contribution < -0.4 is 10.6 Å². The number of urea groups is 1. The minimum Gasteiger partial charge on any atom is -0.477 e. The van der Waals surface area contributed by atoms with E-state index in [0.29, 0.717) is 12.2 Å². The van der Waals surface area contributed by atoms with Crippen LogP contribution in [0.4, 0.5) is 10.5 Å². The largest absolute Gasteiger partial charge is 0.477 e. The fourth-order valence-corrected chi connectivity index (χ4v) is 1.75. The van der Waals surface area contributed by atoms with Crippen LogP contribution in [0.3, 0.4) is 0 Å². The van der Waals surface area contributed by atoms with Crippen molar-refractivity contribution in [2.75, 3.05) is 5.32 Å². The number of anilines is 1. The number of carbonyl (C=O) groups excluding carboxylic acids is 1. The predicted molar refractivity (Wildman–Crippen MR) is 71.7 cm³/mol. The maximum absolute atomic E-state index is 11.7. The van der Waals surface area contributed by atoms with Gasteiger partial charge in [0.2, 0.25) is 0 Å². The Kier molecular flexibility index (Phi) is 3.74. The highest BCUT2D eigenvalue weighted by atomic mass is 16.4. The van der Waals surface area contributed by atoms with Gasteiger partial charge in [0.15, 0.2) is 0 Å². The fourth-order valence-electron chi connectivity index (χ4n) is 1.75. The monoisotopic (exact) mass is 277 g/mol. The molecule has 106 valence electrons. The third-order valence-electron chi connectivity index (χ3n) is 2.79. The summed E-state index contributed by atoms with van der Waals surface area (Å²) in [6, 6.07) is 1.08. The summed E-state index contributed by atoms with van der Waals surface area (Å²) in [4.78, 5) is 25.4. The zero-order valence-electron chi connectivity index (χ0n) is 11.1. The molecule has 0 aliphatic carbocycles. The molecule has 2 aromatic heterocycles. The average molecular weight is 277 g/mol. The van der Waals surface area contributed by atoms with Gasteiger partial charge in [0.25, 0.3) is 0 Å². The van der Waals surface area contributed by atoms with Gasteiger partial charge in [0.05, 0.1) is 11.9 Å². The van der Waals surface area contributed by atoms with Crippen molar-refractivity contribution in [2.24, 2.45) is 0 Å². The minimum atomic E-state index is -1.13. The molecule has 2 aromatic rings. The lowest BCUT2D eigenvalue weighted by molar-refractivity contribution is 0.0692. The molecule has 0 aromatic carbocycles. The highest BCUT2D eigenvalue weighted by Crippen LogP contribution is 2.16. The third-order valence-corrected chi connectivity index (χ3v) is 2.79. The molecular formula is C12H15N5O3. The molecule has 8 nitrogen and oxygen atoms in total. The van der Waals surface area contributed by atoms with Crippen LogP contribution in [0.25, 0.3) is 0 Å². The molecule has 0 saturated carbocycles. The van der Waals surface area contributed by atoms with E-state index in [2.05, 4.69) is 25.8 Å². The van der Waals surface area contributed by atoms with Gasteiger partial charge in [-0.2, -0.15) is 5.10 Å². The van der Waals surface area contributed by atoms with E-state index in [4.69, 9.17) is 5.11 Å². The fraction of sp³-hybridized carbons (Fsp3) is 0.250. The number of rotatable bonds is 4. The van der Waals surface area contributed by atoms with Gasteiger partial charge in [0.1, 0.15) is 5.69 Å². The van der Waals surface area contributed by atoms with Crippen molar-refractivity contribution in [1.29, 1.82) is 0 Å². The molecule has 2 rings (SSSR count). The zero-order valence-corrected chi connectivity index (χ0v) is 11.1. The van der Waals surface area contributed by atoms with Crippen LogP contribution in [0.1, 0.15) is 27.4 Å². The lowest BCUT2D eigenvalue weighted by atomic mass is 10.3. The number of hydrogen-bond donors (Lipinski definition) is 5. The van der Waals surface area contributed by atoms with Crippen LogP contribution in [0, 0.1) is 13.8 Å². The maximum atomic E-state index is 11.7. The summed E-state index contributed by atoms with van der Waals surface area (Å²) in [5.74, 6) is -1.13. The molecule has 8 heteroatoms. The standard InChI is InChI=1S/C12H15N5O3/c1-6-3-9(10(15-6)11(18)19)16-12(20)13-4-8-5-14-17-7(8)2/h3,5,15H,4H2,1-2H3,(H,14,17)(H,18,19)(H2,13,16,20). The van der Waals surface area contributed by atoms with E-state index in [0.717, 1.165) is 11.3 Å². The van der Waals surface area contributed by atoms with Crippen molar-refractivity contribution in [3.63, 3.8) is 0 Å². The Labute approximate surface area is 114 Å². The second-order valence-electron chi connectivity index (χ2n) is 4.37. The predicted octanol–water partition coefficient (Wildman–Crippen LogP) is 1.37. The Morgan fingerprint density at radius 3 is 2.75 bits per heavy atom. The van der Waals surface area contributed by atoms with Crippen molar-refractivity contribution in [3.05, 3.63) is 34.9 Å². The number of hydrogen-bond acceptors (Lipinski definition) is 3. The summed E-state index contributed by atoms with van der Waals surface area (Å²) in [6.45, 7) is 3.87. The lowest BCUT2D eigenvalue weighted by Crippen LogP contribution is -2.28. The SMILES string of the molecule is Cc1cc(NC(=O)NCc2cn[nH]c2C)c(C(=O)O)[nH]1. The summed E-state index contributed by atoms with van der Waals surface area (Å²) in [5.41, 5.74) is 2.58. The van der Waals surface area contributed by atoms with Crippen LogP contribution in [0.15, 0.2) is 12.3 Å². The molecule has 0 aliphatic heterocycles. The number of aromatic amines is 2. The molecule has 0 spiro atoms. The Hall–Kier alpha value is -2.77. The Balaban J connectivity index is 1.98. The summed E-state index contributed by atoms with van der Waals surface area (Å²) in [5, 5.41) is 20.7. The van der Waals surface area contributed by atoms with Crippen LogP contribution in [-0.2, 0) is 6.54 Å². The van der Waals surface area contributed by atoms with Crippen molar-refractivity contribution in [1.82, 2.24) is 20.5 Å². The topological polar surface area (TPSA) is 123 Å². The molecule has 20 heavy (non-hydrogen) atoms. The molecule has 2 heterocycles. The number of carbonyl (C=O) groups is 2. The zero-order chi connectivity index (χ0) is 14.7. The average Bonchev–Trinajstić information content (AvgIpc) is 2.93. The first kappa shape index (κ1) is 13.7. The number of nitrogens with zero attached hydrogens (tertiary/aromatic N) is 1. The molecule has 0 saturated heterocycles. The Bertz CT molecular complexity index is 643. The van der Waals surface area contributed by atoms with Crippen LogP contribution in [0.5, 0.6) is 0 Å². The highest BCUT2D eigenvalue weighted by Gasteiger charge is 2.15. The second-order valence-corrected chi connectivity index (χ2v) is 4.37. The van der Waals surface area contributed by atoms with Gasteiger partial charge < -0.3 is 20.7 Å². The quantitative estimate of drug-likeness (QED) is 0.579. The van der Waals surface area contributed by atoms with Gasteiger partial charge in [-0.1, -0.05) is 0 Å². The third kappa shape index (κ3) is 2.97. The van der Waals surface area contributed by atoms with E-state index >= 15 is 0 Å². The van der Waals surface area contributed by atoms with Gasteiger partial charge in [-0.3, -0.25) is 5.10 Å². The van der Waals surface area contributed by atoms with Crippen molar-refractivity contribution < 1.29 is 14.7 Å². The van der Waals surface area contributed by atoms with Crippen molar-refractivity contribution in [2.45, 2.75) is 20.4 Å². The first-order valence-corrected chi connectivity index (χ1v) is 5.94. The number of aromatic nitrogens is 3. The Morgan fingerprint density at radius 2 is 2.15 bits per heavy atom. The van der Waals surface area contributed by atoms with E-state index in [1.165, 1.54) is 0 Å². The van der Waals surface area contributed by atoms with Crippen LogP contribution >= 0.6 is 0 Å². The number of carboxylic acid groups (broad SMARTS) is 1. The van der Waals surface area contributed by atoms with Gasteiger partial charge in [-0.05, 0) is 19.9 Å². The van der Waals surface area contributed by atoms with Crippen LogP contribution in [-0.4, -0.2) is 32.3 Å². The number of aryl methyl sites for hydroxylation is 2. The first-order chi connectivity index (χ1) is 9.47. The van der Waals surface area contributed by atoms with Gasteiger partial charge in [-0.15, -0.1) is 0 Å². The van der Waals surface area contributed by atoms with E-state index in [1.54, 1.807) is 19.2 Å². The maximum Gasteiger partial charge on any atom is 0.354 e. The molecule has 0 aliphatic rings. The second kappa shape index (κ2) is 5.47. The molecule has 2 amide bonds. The number of carboxylic acids is 1. The van der Waals surface area contributed by atoms with E-state index in [9.17, 15) is 9.59 Å². The lowest BCUT2D eigenvalue weighted by Gasteiger charge is -2.06. The van der Waals surface area contributed by atoms with E-state index in [-0.39, 0.29) is 11.4 Å². The first-order valence-electron chi connectivity index (χ1n) is 5.94. The van der Waals surface area contributed by atoms with E-state index < -0.39 is 12.0 Å². The van der Waals surface area contributed by atoms with Gasteiger partial charge in [0, 0.05) is 23.5 Å². The Morgan fingerprint density at radius 1 is 1.40 bits per heavy atom. The molecule has 5 N–H and O–H groups in total. The van der Waals surface area contributed by atoms with E-state index in [1.807, 2.05) is 6.92 Å². The number of H-pyrrole nitrogens is 2. The summed E-state index contributed by atoms with van der Waals surface area (Å²) in [7, 11) is 0. The molecule has 0 unspecified atom stereocenters. The van der Waals surface area contributed by atoms with Crippen molar-refractivity contribution in [3.8, 4) is 0 Å². The number of amides is 2. The molecule has 0 bridgehead atoms. The smallest absolute Gasteiger partial charge is 0.354 e. The van der Waals surface area contributed by atoms with Crippen molar-refractivity contribution >= 4 is 17.7 Å². The van der Waals surface area contributed by atoms with Gasteiger partial charge >= 0.3 is 12.0 Å². The summed E-state index contributed by atoms with van der Waals surface area (Å²) >= 11 is 0. The van der Waals surface area contributed by atoms with Gasteiger partial charge in [-0.25, -0.2) is 9.59 Å². The molecular weight excluding hydrogens is 262 g/mol. The molecule has 0 fully saturated rings. The summed E-state index contributed by atoms with van der Waals surface area (Å²) < 4.78 is 0. The minimum absolute atomic E-state index is 0.0443. The molecule has 0 radical (unpaired) electrons. The highest BCUT2D eigenvalue weighted by molar-refractivity contribution is 5.99. The number of nitrogens with one attached hydrogen (secondary N) is 4. The normalized spacial score (nSPS) is 10.3.